The van der Waals surface area contributed by atoms with Crippen LogP contribution in [0.15, 0.2) is 90.0 Å². The number of rotatable bonds is 11. The number of primary amides is 1. The molecule has 1 atom stereocenters. The van der Waals surface area contributed by atoms with Gasteiger partial charge in [-0.25, -0.2) is 0 Å². The van der Waals surface area contributed by atoms with E-state index in [9.17, 15) is 9.18 Å². The summed E-state index contributed by atoms with van der Waals surface area (Å²) in [4.78, 5) is 17.4. The fourth-order valence-electron chi connectivity index (χ4n) is 3.36. The van der Waals surface area contributed by atoms with Crippen LogP contribution in [-0.2, 0) is 21.0 Å². The molecule has 0 aromatic heterocycles. The highest BCUT2D eigenvalue weighted by molar-refractivity contribution is 5.98. The second kappa shape index (κ2) is 12.3. The molecule has 3 aromatic rings. The molecule has 7 heteroatoms. The predicted octanol–water partition coefficient (Wildman–Crippen LogP) is 5.19. The molecule has 6 nitrogen and oxygen atoms in total. The fourth-order valence-corrected chi connectivity index (χ4v) is 3.36. The van der Waals surface area contributed by atoms with Gasteiger partial charge >= 0.3 is 0 Å². The number of hydrogen-bond acceptors (Lipinski definition) is 5. The van der Waals surface area contributed by atoms with Gasteiger partial charge in [-0.2, -0.15) is 4.39 Å². The van der Waals surface area contributed by atoms with Crippen LogP contribution in [0.2, 0.25) is 0 Å². The van der Waals surface area contributed by atoms with E-state index in [1.165, 1.54) is 13.2 Å². The van der Waals surface area contributed by atoms with Gasteiger partial charge in [0.1, 0.15) is 12.4 Å². The zero-order valence-corrected chi connectivity index (χ0v) is 19.1. The van der Waals surface area contributed by atoms with Crippen molar-refractivity contribution in [1.29, 1.82) is 0 Å². The molecule has 0 heterocycles. The molecule has 176 valence electrons. The van der Waals surface area contributed by atoms with Gasteiger partial charge in [-0.15, -0.1) is 0 Å². The summed E-state index contributed by atoms with van der Waals surface area (Å²) in [7, 11) is 1.52. The Morgan fingerprint density at radius 1 is 1.06 bits per heavy atom. The van der Waals surface area contributed by atoms with E-state index in [-0.39, 0.29) is 13.2 Å². The summed E-state index contributed by atoms with van der Waals surface area (Å²) in [5.74, 6) is -0.715. The molecule has 1 amide bonds. The van der Waals surface area contributed by atoms with Crippen molar-refractivity contribution in [3.05, 3.63) is 107 Å². The Bertz CT molecular complexity index is 1160. The lowest BCUT2D eigenvalue weighted by atomic mass is 9.94. The highest BCUT2D eigenvalue weighted by atomic mass is 19.1. The number of oxime groups is 1. The highest BCUT2D eigenvalue weighted by Crippen LogP contribution is 2.22. The summed E-state index contributed by atoms with van der Waals surface area (Å²) in [6.45, 7) is 2.10. The lowest BCUT2D eigenvalue weighted by Crippen LogP contribution is -2.26. The Kier molecular flexibility index (Phi) is 8.94. The first kappa shape index (κ1) is 24.7. The van der Waals surface area contributed by atoms with E-state index in [4.69, 9.17) is 20.0 Å². The standard InChI is InChI=1S/C27H27FN2O4/c1-19(30-33-17-22-11-6-7-14-24(22)25(18-32-2)27(29)31)21-12-8-13-23(16-21)34-26(28)15-20-9-4-3-5-10-20/h3-16,25H,17-18H2,1-2H3,(H2,29,31)/b26-15-,30-19+. The first-order chi connectivity index (χ1) is 16.5. The van der Waals surface area contributed by atoms with E-state index in [0.717, 1.165) is 11.1 Å². The molecule has 0 saturated heterocycles. The quantitative estimate of drug-likeness (QED) is 0.242. The molecule has 0 aliphatic carbocycles. The molecule has 3 aromatic carbocycles. The third-order valence-corrected chi connectivity index (χ3v) is 5.08. The minimum atomic E-state index is -0.717. The van der Waals surface area contributed by atoms with Crippen LogP contribution in [0.3, 0.4) is 0 Å². The second-order valence-electron chi connectivity index (χ2n) is 7.55. The second-order valence-corrected chi connectivity index (χ2v) is 7.55. The van der Waals surface area contributed by atoms with Crippen molar-refractivity contribution in [1.82, 2.24) is 0 Å². The maximum Gasteiger partial charge on any atom is 0.278 e. The monoisotopic (exact) mass is 462 g/mol. The normalized spacial score (nSPS) is 12.8. The Morgan fingerprint density at radius 3 is 2.53 bits per heavy atom. The summed E-state index contributed by atoms with van der Waals surface area (Å²) in [6, 6.07) is 22.6. The Labute approximate surface area is 198 Å². The molecular weight excluding hydrogens is 435 g/mol. The summed E-state index contributed by atoms with van der Waals surface area (Å²) in [5, 5.41) is 4.17. The first-order valence-electron chi connectivity index (χ1n) is 10.7. The molecule has 0 fully saturated rings. The summed E-state index contributed by atoms with van der Waals surface area (Å²) in [5.41, 5.74) is 9.06. The summed E-state index contributed by atoms with van der Waals surface area (Å²) >= 11 is 0. The topological polar surface area (TPSA) is 83.1 Å². The van der Waals surface area contributed by atoms with Crippen LogP contribution in [0.4, 0.5) is 4.39 Å². The number of amides is 1. The van der Waals surface area contributed by atoms with Crippen LogP contribution in [0, 0.1) is 0 Å². The third-order valence-electron chi connectivity index (χ3n) is 5.08. The van der Waals surface area contributed by atoms with Crippen LogP contribution in [0.1, 0.15) is 35.1 Å². The van der Waals surface area contributed by atoms with Gasteiger partial charge in [-0.05, 0) is 35.7 Å². The van der Waals surface area contributed by atoms with Gasteiger partial charge in [0.15, 0.2) is 0 Å². The number of nitrogens with zero attached hydrogens (tertiary/aromatic N) is 1. The number of hydrogen-bond donors (Lipinski definition) is 1. The number of halogens is 1. The molecule has 0 saturated carbocycles. The van der Waals surface area contributed by atoms with Crippen LogP contribution >= 0.6 is 0 Å². The van der Waals surface area contributed by atoms with Crippen LogP contribution in [-0.4, -0.2) is 25.3 Å². The van der Waals surface area contributed by atoms with E-state index in [0.29, 0.717) is 22.6 Å². The number of nitrogens with two attached hydrogens (primary N) is 1. The number of ether oxygens (including phenoxy) is 2. The largest absolute Gasteiger partial charge is 0.432 e. The predicted molar refractivity (Wildman–Crippen MR) is 130 cm³/mol. The van der Waals surface area contributed by atoms with Crippen molar-refractivity contribution in [2.45, 2.75) is 19.4 Å². The van der Waals surface area contributed by atoms with Crippen LogP contribution in [0.5, 0.6) is 5.75 Å². The molecule has 0 radical (unpaired) electrons. The van der Waals surface area contributed by atoms with E-state index in [2.05, 4.69) is 5.16 Å². The van der Waals surface area contributed by atoms with Gasteiger partial charge in [0.05, 0.1) is 18.2 Å². The minimum Gasteiger partial charge on any atom is -0.432 e. The van der Waals surface area contributed by atoms with Crippen molar-refractivity contribution < 1.29 is 23.5 Å². The first-order valence-corrected chi connectivity index (χ1v) is 10.7. The lowest BCUT2D eigenvalue weighted by molar-refractivity contribution is -0.120. The van der Waals surface area contributed by atoms with E-state index in [1.807, 2.05) is 48.5 Å². The van der Waals surface area contributed by atoms with Crippen molar-refractivity contribution in [2.75, 3.05) is 13.7 Å². The van der Waals surface area contributed by atoms with Gasteiger partial charge in [-0.1, -0.05) is 71.9 Å². The Hall–Kier alpha value is -3.97. The Balaban J connectivity index is 1.68. The molecule has 0 spiro atoms. The molecule has 0 aliphatic rings. The van der Waals surface area contributed by atoms with Gasteiger partial charge < -0.3 is 20.0 Å². The molecule has 2 N–H and O–H groups in total. The van der Waals surface area contributed by atoms with Gasteiger partial charge in [0.2, 0.25) is 5.91 Å². The fraction of sp³-hybridized carbons (Fsp3) is 0.185. The molecule has 0 bridgehead atoms. The van der Waals surface area contributed by atoms with E-state index >= 15 is 0 Å². The average Bonchev–Trinajstić information content (AvgIpc) is 2.83. The molecular formula is C27H27FN2O4. The summed E-state index contributed by atoms with van der Waals surface area (Å²) in [6.07, 6.45) is 1.32. The Morgan fingerprint density at radius 2 is 1.79 bits per heavy atom. The molecule has 1 unspecified atom stereocenters. The molecule has 0 aliphatic heterocycles. The highest BCUT2D eigenvalue weighted by Gasteiger charge is 2.20. The van der Waals surface area contributed by atoms with Gasteiger partial charge in [0, 0.05) is 18.7 Å². The number of carbonyl (C=O) groups excluding carboxylic acids is 1. The maximum atomic E-state index is 14.3. The third kappa shape index (κ3) is 7.02. The van der Waals surface area contributed by atoms with Gasteiger partial charge in [-0.3, -0.25) is 4.79 Å². The molecule has 34 heavy (non-hydrogen) atoms. The van der Waals surface area contributed by atoms with Crippen LogP contribution < -0.4 is 10.5 Å². The van der Waals surface area contributed by atoms with Crippen molar-refractivity contribution in [3.8, 4) is 5.75 Å². The van der Waals surface area contributed by atoms with Crippen molar-refractivity contribution in [3.63, 3.8) is 0 Å². The smallest absolute Gasteiger partial charge is 0.278 e. The summed E-state index contributed by atoms with van der Waals surface area (Å²) < 4.78 is 24.7. The van der Waals surface area contributed by atoms with Gasteiger partial charge in [0.25, 0.3) is 6.01 Å². The zero-order chi connectivity index (χ0) is 24.3. The SMILES string of the molecule is COCC(C(N)=O)c1ccccc1CO/N=C(\C)c1cccc(O/C(F)=C\c2ccccc2)c1. The molecule has 3 rings (SSSR count). The average molecular weight is 463 g/mol. The zero-order valence-electron chi connectivity index (χ0n) is 19.1. The van der Waals surface area contributed by atoms with Crippen LogP contribution in [0.25, 0.3) is 6.08 Å². The number of carbonyl (C=O) groups is 1. The van der Waals surface area contributed by atoms with Crippen molar-refractivity contribution in [2.24, 2.45) is 10.9 Å². The minimum absolute atomic E-state index is 0.144. The lowest BCUT2D eigenvalue weighted by Gasteiger charge is -2.16. The van der Waals surface area contributed by atoms with Crippen molar-refractivity contribution >= 4 is 17.7 Å². The van der Waals surface area contributed by atoms with E-state index in [1.54, 1.807) is 37.3 Å². The maximum absolute atomic E-state index is 14.3. The number of benzene rings is 3. The van der Waals surface area contributed by atoms with E-state index < -0.39 is 17.8 Å². The number of methoxy groups -OCH3 is 1.